The standard InChI is InChI=1S/C13H25N5O2S2/c1-10-11(2)21-12(18-10)6-9-16-13(14-3)15-7-5-8-17-22(4,19)20/h17H,5-9H2,1-4H3,(H2,14,15,16). The molecule has 1 aromatic heterocycles. The Hall–Kier alpha value is -1.19. The van der Waals surface area contributed by atoms with Crippen LogP contribution in [0.25, 0.3) is 0 Å². The van der Waals surface area contributed by atoms with Crippen molar-refractivity contribution in [2.45, 2.75) is 26.7 Å². The SMILES string of the molecule is CN=C(NCCCNS(C)(=O)=O)NCCc1nc(C)c(C)s1. The topological polar surface area (TPSA) is 95.5 Å². The van der Waals surface area contributed by atoms with Crippen LogP contribution in [-0.2, 0) is 16.4 Å². The molecule has 0 aliphatic heterocycles. The van der Waals surface area contributed by atoms with Crippen molar-refractivity contribution in [3.05, 3.63) is 15.6 Å². The number of rotatable bonds is 8. The van der Waals surface area contributed by atoms with Gasteiger partial charge < -0.3 is 10.6 Å². The number of thiazole rings is 1. The summed E-state index contributed by atoms with van der Waals surface area (Å²) in [6.45, 7) is 5.93. The van der Waals surface area contributed by atoms with Crippen molar-refractivity contribution in [3.8, 4) is 0 Å². The van der Waals surface area contributed by atoms with E-state index >= 15 is 0 Å². The van der Waals surface area contributed by atoms with Gasteiger partial charge in [-0.25, -0.2) is 18.1 Å². The first-order valence-corrected chi connectivity index (χ1v) is 9.84. The van der Waals surface area contributed by atoms with Crippen molar-refractivity contribution in [2.24, 2.45) is 4.99 Å². The smallest absolute Gasteiger partial charge is 0.208 e. The van der Waals surface area contributed by atoms with Gasteiger partial charge in [-0.2, -0.15) is 0 Å². The zero-order valence-electron chi connectivity index (χ0n) is 13.6. The highest BCUT2D eigenvalue weighted by molar-refractivity contribution is 7.88. The lowest BCUT2D eigenvalue weighted by atomic mass is 10.4. The Morgan fingerprint density at radius 1 is 1.23 bits per heavy atom. The maximum absolute atomic E-state index is 10.9. The van der Waals surface area contributed by atoms with Crippen LogP contribution in [0, 0.1) is 13.8 Å². The van der Waals surface area contributed by atoms with Gasteiger partial charge in [-0.15, -0.1) is 11.3 Å². The average molecular weight is 348 g/mol. The highest BCUT2D eigenvalue weighted by Crippen LogP contribution is 2.16. The number of hydrogen-bond acceptors (Lipinski definition) is 5. The van der Waals surface area contributed by atoms with E-state index in [9.17, 15) is 8.42 Å². The summed E-state index contributed by atoms with van der Waals surface area (Å²) in [4.78, 5) is 9.88. The van der Waals surface area contributed by atoms with Gasteiger partial charge in [0.2, 0.25) is 10.0 Å². The van der Waals surface area contributed by atoms with Gasteiger partial charge in [0.1, 0.15) is 0 Å². The predicted octanol–water partition coefficient (Wildman–Crippen LogP) is 0.407. The van der Waals surface area contributed by atoms with Crippen LogP contribution in [0.3, 0.4) is 0 Å². The normalized spacial score (nSPS) is 12.5. The van der Waals surface area contributed by atoms with Crippen molar-refractivity contribution in [3.63, 3.8) is 0 Å². The second-order valence-corrected chi connectivity index (χ2v) is 8.07. The van der Waals surface area contributed by atoms with Crippen LogP contribution >= 0.6 is 11.3 Å². The van der Waals surface area contributed by atoms with Crippen molar-refractivity contribution in [1.82, 2.24) is 20.3 Å². The van der Waals surface area contributed by atoms with E-state index in [0.29, 0.717) is 25.5 Å². The molecule has 1 rings (SSSR count). The maximum atomic E-state index is 10.9. The first kappa shape index (κ1) is 18.9. The third kappa shape index (κ3) is 7.71. The van der Waals surface area contributed by atoms with Crippen molar-refractivity contribution >= 4 is 27.3 Å². The Labute approximate surface area is 136 Å². The summed E-state index contributed by atoms with van der Waals surface area (Å²) in [5.74, 6) is 0.712. The van der Waals surface area contributed by atoms with Crippen molar-refractivity contribution in [2.75, 3.05) is 32.9 Å². The highest BCUT2D eigenvalue weighted by Gasteiger charge is 2.04. The van der Waals surface area contributed by atoms with Crippen LogP contribution in [0.1, 0.15) is 22.0 Å². The zero-order valence-corrected chi connectivity index (χ0v) is 15.2. The Bertz CT molecular complexity index is 576. The number of aliphatic imine (C=N–C) groups is 1. The molecule has 0 aliphatic carbocycles. The lowest BCUT2D eigenvalue weighted by molar-refractivity contribution is 0.584. The first-order valence-electron chi connectivity index (χ1n) is 7.14. The van der Waals surface area contributed by atoms with E-state index in [-0.39, 0.29) is 0 Å². The van der Waals surface area contributed by atoms with E-state index in [1.165, 1.54) is 4.88 Å². The molecule has 7 nitrogen and oxygen atoms in total. The first-order chi connectivity index (χ1) is 10.3. The molecule has 22 heavy (non-hydrogen) atoms. The molecule has 0 unspecified atom stereocenters. The third-order valence-electron chi connectivity index (χ3n) is 2.94. The van der Waals surface area contributed by atoms with E-state index < -0.39 is 10.0 Å². The number of guanidine groups is 1. The molecule has 3 N–H and O–H groups in total. The fourth-order valence-corrected chi connectivity index (χ4v) is 3.16. The molecule has 0 bridgehead atoms. The lowest BCUT2D eigenvalue weighted by Gasteiger charge is -2.11. The minimum absolute atomic E-state index is 0.417. The molecule has 0 aliphatic rings. The van der Waals surface area contributed by atoms with Gasteiger partial charge in [0.15, 0.2) is 5.96 Å². The molecular weight excluding hydrogens is 322 g/mol. The molecule has 0 fully saturated rings. The van der Waals surface area contributed by atoms with Gasteiger partial charge >= 0.3 is 0 Å². The maximum Gasteiger partial charge on any atom is 0.208 e. The zero-order chi connectivity index (χ0) is 16.6. The summed E-state index contributed by atoms with van der Waals surface area (Å²) in [7, 11) is -1.40. The molecule has 1 heterocycles. The van der Waals surface area contributed by atoms with Crippen LogP contribution < -0.4 is 15.4 Å². The monoisotopic (exact) mass is 347 g/mol. The number of hydrogen-bond donors (Lipinski definition) is 3. The summed E-state index contributed by atoms with van der Waals surface area (Å²) in [6, 6.07) is 0. The molecule has 9 heteroatoms. The Balaban J connectivity index is 2.20. The van der Waals surface area contributed by atoms with Gasteiger partial charge in [0.25, 0.3) is 0 Å². The van der Waals surface area contributed by atoms with Gasteiger partial charge in [-0.1, -0.05) is 0 Å². The van der Waals surface area contributed by atoms with Crippen LogP contribution in [-0.4, -0.2) is 52.3 Å². The summed E-state index contributed by atoms with van der Waals surface area (Å²) in [5.41, 5.74) is 1.10. The van der Waals surface area contributed by atoms with Crippen LogP contribution in [0.15, 0.2) is 4.99 Å². The summed E-state index contributed by atoms with van der Waals surface area (Å²) >= 11 is 1.72. The minimum Gasteiger partial charge on any atom is -0.356 e. The molecule has 0 spiro atoms. The van der Waals surface area contributed by atoms with Gasteiger partial charge in [-0.3, -0.25) is 4.99 Å². The largest absolute Gasteiger partial charge is 0.356 e. The average Bonchev–Trinajstić information content (AvgIpc) is 2.74. The van der Waals surface area contributed by atoms with E-state index in [1.54, 1.807) is 18.4 Å². The van der Waals surface area contributed by atoms with Crippen LogP contribution in [0.4, 0.5) is 0 Å². The molecule has 0 atom stereocenters. The number of nitrogens with one attached hydrogen (secondary N) is 3. The second-order valence-electron chi connectivity index (χ2n) is 4.95. The van der Waals surface area contributed by atoms with E-state index in [1.807, 2.05) is 6.92 Å². The highest BCUT2D eigenvalue weighted by atomic mass is 32.2. The van der Waals surface area contributed by atoms with Gasteiger partial charge in [0, 0.05) is 38.0 Å². The van der Waals surface area contributed by atoms with Gasteiger partial charge in [0.05, 0.1) is 17.0 Å². The molecule has 0 aromatic carbocycles. The van der Waals surface area contributed by atoms with Crippen molar-refractivity contribution < 1.29 is 8.42 Å². The molecule has 126 valence electrons. The van der Waals surface area contributed by atoms with Gasteiger partial charge in [-0.05, 0) is 20.3 Å². The number of sulfonamides is 1. The summed E-state index contributed by atoms with van der Waals surface area (Å²) in [6.07, 6.45) is 2.71. The Morgan fingerprint density at radius 2 is 1.91 bits per heavy atom. The Kier molecular flexibility index (Phi) is 7.77. The fourth-order valence-electron chi connectivity index (χ4n) is 1.71. The second kappa shape index (κ2) is 9.06. The van der Waals surface area contributed by atoms with Crippen LogP contribution in [0.2, 0.25) is 0 Å². The predicted molar refractivity (Wildman–Crippen MR) is 92.1 cm³/mol. The molecule has 0 saturated carbocycles. The number of aryl methyl sites for hydroxylation is 2. The minimum atomic E-state index is -3.11. The molecule has 0 saturated heterocycles. The number of nitrogens with zero attached hydrogens (tertiary/aromatic N) is 2. The molecule has 0 radical (unpaired) electrons. The van der Waals surface area contributed by atoms with E-state index in [4.69, 9.17) is 0 Å². The van der Waals surface area contributed by atoms with E-state index in [2.05, 4.69) is 32.3 Å². The number of aromatic nitrogens is 1. The fraction of sp³-hybridized carbons (Fsp3) is 0.692. The third-order valence-corrected chi connectivity index (χ3v) is 4.80. The summed E-state index contributed by atoms with van der Waals surface area (Å²) in [5, 5.41) is 7.49. The Morgan fingerprint density at radius 3 is 2.45 bits per heavy atom. The summed E-state index contributed by atoms with van der Waals surface area (Å²) < 4.78 is 24.3. The van der Waals surface area contributed by atoms with Crippen molar-refractivity contribution in [1.29, 1.82) is 0 Å². The molecular formula is C13H25N5O2S2. The molecule has 1 aromatic rings. The van der Waals surface area contributed by atoms with Crippen LogP contribution in [0.5, 0.6) is 0 Å². The lowest BCUT2D eigenvalue weighted by Crippen LogP contribution is -2.39. The molecule has 0 amide bonds. The van der Waals surface area contributed by atoms with E-state index in [0.717, 1.165) is 29.9 Å². The quantitative estimate of drug-likeness (QED) is 0.360.